The molecule has 2 aromatic heterocycles. The monoisotopic (exact) mass is 778 g/mol. The zero-order chi connectivity index (χ0) is 40.3. The van der Waals surface area contributed by atoms with E-state index in [4.69, 9.17) is 4.42 Å². The van der Waals surface area contributed by atoms with E-state index in [-0.39, 0.29) is 0 Å². The molecule has 0 aliphatic heterocycles. The second-order valence-corrected chi connectivity index (χ2v) is 15.7. The van der Waals surface area contributed by atoms with Gasteiger partial charge in [-0.05, 0) is 112 Å². The van der Waals surface area contributed by atoms with E-state index in [0.29, 0.717) is 0 Å². The van der Waals surface area contributed by atoms with E-state index in [2.05, 4.69) is 240 Å². The fourth-order valence-electron chi connectivity index (χ4n) is 9.27. The van der Waals surface area contributed by atoms with Gasteiger partial charge < -0.3 is 13.9 Å². The first-order chi connectivity index (χ1) is 30.2. The van der Waals surface area contributed by atoms with Gasteiger partial charge in [-0.3, -0.25) is 0 Å². The van der Waals surface area contributed by atoms with Crippen LogP contribution in [0.25, 0.3) is 93.6 Å². The summed E-state index contributed by atoms with van der Waals surface area (Å²) in [5.74, 6) is 0. The van der Waals surface area contributed by atoms with Crippen LogP contribution in [0.3, 0.4) is 0 Å². The summed E-state index contributed by atoms with van der Waals surface area (Å²) in [6.45, 7) is 0. The van der Waals surface area contributed by atoms with Crippen LogP contribution in [0.15, 0.2) is 235 Å². The quantitative estimate of drug-likeness (QED) is 0.161. The number of aromatic nitrogens is 1. The van der Waals surface area contributed by atoms with Crippen LogP contribution in [0.1, 0.15) is 0 Å². The highest BCUT2D eigenvalue weighted by molar-refractivity contribution is 6.19. The Balaban J connectivity index is 0.945. The van der Waals surface area contributed by atoms with Crippen LogP contribution in [0, 0.1) is 0 Å². The van der Waals surface area contributed by atoms with Gasteiger partial charge in [0.05, 0.1) is 11.0 Å². The number of nitrogens with zero attached hydrogens (tertiary/aromatic N) is 2. The van der Waals surface area contributed by atoms with Gasteiger partial charge in [-0.15, -0.1) is 0 Å². The molecule has 0 radical (unpaired) electrons. The number of furan rings is 1. The van der Waals surface area contributed by atoms with Gasteiger partial charge in [-0.25, -0.2) is 0 Å². The molecule has 0 atom stereocenters. The predicted octanol–water partition coefficient (Wildman–Crippen LogP) is 16.3. The molecule has 0 spiro atoms. The minimum absolute atomic E-state index is 0.897. The lowest BCUT2D eigenvalue weighted by molar-refractivity contribution is 0.673. The van der Waals surface area contributed by atoms with Gasteiger partial charge >= 0.3 is 0 Å². The average Bonchev–Trinajstić information content (AvgIpc) is 3.89. The molecule has 3 heteroatoms. The molecular weight excluding hydrogens is 741 g/mol. The molecule has 12 aromatic rings. The van der Waals surface area contributed by atoms with Gasteiger partial charge in [0.25, 0.3) is 0 Å². The van der Waals surface area contributed by atoms with Crippen molar-refractivity contribution in [1.29, 1.82) is 0 Å². The Morgan fingerprint density at radius 1 is 0.344 bits per heavy atom. The summed E-state index contributed by atoms with van der Waals surface area (Å²) >= 11 is 0. The highest BCUT2D eigenvalue weighted by Crippen LogP contribution is 2.42. The molecule has 3 nitrogen and oxygen atoms in total. The zero-order valence-corrected chi connectivity index (χ0v) is 33.2. The van der Waals surface area contributed by atoms with E-state index in [9.17, 15) is 0 Å². The maximum absolute atomic E-state index is 6.54. The van der Waals surface area contributed by atoms with E-state index in [1.807, 2.05) is 0 Å². The number of hydrogen-bond acceptors (Lipinski definition) is 2. The van der Waals surface area contributed by atoms with E-state index < -0.39 is 0 Å². The molecule has 2 heterocycles. The predicted molar refractivity (Wildman–Crippen MR) is 257 cm³/mol. The normalized spacial score (nSPS) is 11.6. The average molecular weight is 779 g/mol. The Morgan fingerprint density at radius 2 is 0.885 bits per heavy atom. The Morgan fingerprint density at radius 3 is 1.61 bits per heavy atom. The van der Waals surface area contributed by atoms with Crippen molar-refractivity contribution in [2.45, 2.75) is 0 Å². The highest BCUT2D eigenvalue weighted by Gasteiger charge is 2.18. The van der Waals surface area contributed by atoms with Crippen LogP contribution >= 0.6 is 0 Å². The summed E-state index contributed by atoms with van der Waals surface area (Å²) in [6, 6.07) is 82.8. The summed E-state index contributed by atoms with van der Waals surface area (Å²) in [7, 11) is 0. The molecule has 0 aliphatic carbocycles. The van der Waals surface area contributed by atoms with E-state index in [0.717, 1.165) is 61.2 Å². The van der Waals surface area contributed by atoms with Crippen molar-refractivity contribution in [3.63, 3.8) is 0 Å². The molecule has 61 heavy (non-hydrogen) atoms. The van der Waals surface area contributed by atoms with Crippen LogP contribution < -0.4 is 4.90 Å². The third kappa shape index (κ3) is 5.90. The minimum Gasteiger partial charge on any atom is -0.455 e. The van der Waals surface area contributed by atoms with Crippen molar-refractivity contribution >= 4 is 71.6 Å². The molecule has 0 N–H and O–H groups in total. The lowest BCUT2D eigenvalue weighted by Crippen LogP contribution is -2.09. The molecule has 0 saturated carbocycles. The topological polar surface area (TPSA) is 21.3 Å². The first-order valence-electron chi connectivity index (χ1n) is 20.8. The van der Waals surface area contributed by atoms with Crippen molar-refractivity contribution < 1.29 is 4.42 Å². The van der Waals surface area contributed by atoms with E-state index in [1.165, 1.54) is 49.4 Å². The summed E-state index contributed by atoms with van der Waals surface area (Å²) in [5, 5.41) is 7.09. The molecule has 0 aliphatic rings. The highest BCUT2D eigenvalue weighted by atomic mass is 16.3. The number of fused-ring (bicyclic) bond motifs is 8. The van der Waals surface area contributed by atoms with Crippen LogP contribution in [0.2, 0.25) is 0 Å². The largest absolute Gasteiger partial charge is 0.455 e. The molecule has 12 rings (SSSR count). The molecule has 0 bridgehead atoms. The van der Waals surface area contributed by atoms with Crippen molar-refractivity contribution in [2.75, 3.05) is 4.90 Å². The third-order valence-electron chi connectivity index (χ3n) is 12.2. The van der Waals surface area contributed by atoms with Gasteiger partial charge in [-0.1, -0.05) is 158 Å². The molecule has 286 valence electrons. The SMILES string of the molecule is c1ccc(-c2ccc(N(c3ccc(-c4ccc5c6ccccc6n(-c6ccccc6)c5c4)cc3)c3ccc(-c4cccc5oc6c7ccccc7ccc6c45)cc3)cc2)cc1. The number of para-hydroxylation sites is 2. The zero-order valence-electron chi connectivity index (χ0n) is 33.2. The smallest absolute Gasteiger partial charge is 0.143 e. The summed E-state index contributed by atoms with van der Waals surface area (Å²) in [4.78, 5) is 2.35. The van der Waals surface area contributed by atoms with Gasteiger partial charge in [0.15, 0.2) is 0 Å². The molecule has 0 amide bonds. The number of benzene rings is 10. The first-order valence-corrected chi connectivity index (χ1v) is 20.8. The van der Waals surface area contributed by atoms with Gasteiger partial charge in [0.1, 0.15) is 11.2 Å². The molecular formula is C58H38N2O. The van der Waals surface area contributed by atoms with Gasteiger partial charge in [0, 0.05) is 49.7 Å². The third-order valence-corrected chi connectivity index (χ3v) is 12.2. The maximum atomic E-state index is 6.54. The minimum atomic E-state index is 0.897. The van der Waals surface area contributed by atoms with Crippen molar-refractivity contribution in [1.82, 2.24) is 4.57 Å². The van der Waals surface area contributed by atoms with Crippen LogP contribution in [0.5, 0.6) is 0 Å². The Kier molecular flexibility index (Phi) is 8.17. The summed E-state index contributed by atoms with van der Waals surface area (Å²) in [6.07, 6.45) is 0. The Bertz CT molecular complexity index is 3550. The van der Waals surface area contributed by atoms with Crippen LogP contribution in [-0.2, 0) is 0 Å². The van der Waals surface area contributed by atoms with Crippen molar-refractivity contribution in [2.24, 2.45) is 0 Å². The van der Waals surface area contributed by atoms with Crippen molar-refractivity contribution in [3.8, 4) is 39.1 Å². The van der Waals surface area contributed by atoms with E-state index >= 15 is 0 Å². The number of rotatable bonds is 7. The number of hydrogen-bond donors (Lipinski definition) is 0. The molecule has 10 aromatic carbocycles. The molecule has 0 unspecified atom stereocenters. The lowest BCUT2D eigenvalue weighted by atomic mass is 9.98. The molecule has 0 fully saturated rings. The number of anilines is 3. The van der Waals surface area contributed by atoms with Crippen molar-refractivity contribution in [3.05, 3.63) is 231 Å². The maximum Gasteiger partial charge on any atom is 0.143 e. The standard InChI is InChI=1S/C58H38N2O/c1-3-12-39(13-4-1)40-22-30-46(31-23-40)59(48-34-26-43(27-35-48)49-19-11-21-56-57(49)53-37-28-42-14-7-8-17-50(42)58(53)61-56)47-32-24-41(25-33-47)44-29-36-52-51-18-9-10-20-54(51)60(55(52)38-44)45-15-5-2-6-16-45/h1-38H. The summed E-state index contributed by atoms with van der Waals surface area (Å²) < 4.78 is 8.92. The van der Waals surface area contributed by atoms with Gasteiger partial charge in [0.2, 0.25) is 0 Å². The lowest BCUT2D eigenvalue weighted by Gasteiger charge is -2.26. The summed E-state index contributed by atoms with van der Waals surface area (Å²) in [5.41, 5.74) is 15.7. The first kappa shape index (κ1) is 34.9. The fourth-order valence-corrected chi connectivity index (χ4v) is 9.27. The Labute approximate surface area is 353 Å². The molecule has 0 saturated heterocycles. The second kappa shape index (κ2) is 14.3. The fraction of sp³-hybridized carbons (Fsp3) is 0. The second-order valence-electron chi connectivity index (χ2n) is 15.7. The van der Waals surface area contributed by atoms with Crippen LogP contribution in [0.4, 0.5) is 17.1 Å². The Hall–Kier alpha value is -8.14. The van der Waals surface area contributed by atoms with Crippen LogP contribution in [-0.4, -0.2) is 4.57 Å². The van der Waals surface area contributed by atoms with E-state index in [1.54, 1.807) is 0 Å². The van der Waals surface area contributed by atoms with Gasteiger partial charge in [-0.2, -0.15) is 0 Å².